The van der Waals surface area contributed by atoms with Gasteiger partial charge in [-0.05, 0) is 17.7 Å². The summed E-state index contributed by atoms with van der Waals surface area (Å²) in [5, 5.41) is 8.80. The van der Waals surface area contributed by atoms with Crippen LogP contribution in [0.1, 0.15) is 5.56 Å². The highest BCUT2D eigenvalue weighted by molar-refractivity contribution is 9.10. The second-order valence-electron chi connectivity index (χ2n) is 3.81. The lowest BCUT2D eigenvalue weighted by Gasteiger charge is -2.27. The Morgan fingerprint density at radius 2 is 2.31 bits per heavy atom. The second kappa shape index (κ2) is 5.32. The van der Waals surface area contributed by atoms with Crippen LogP contribution in [0.5, 0.6) is 0 Å². The number of rotatable bonds is 3. The maximum Gasteiger partial charge on any atom is 0.315 e. The van der Waals surface area contributed by atoms with Crippen molar-refractivity contribution in [3.8, 4) is 0 Å². The maximum atomic E-state index is 11.4. The third kappa shape index (κ3) is 3.21. The Labute approximate surface area is 103 Å². The summed E-state index contributed by atoms with van der Waals surface area (Å²) < 4.78 is 1.02. The van der Waals surface area contributed by atoms with Gasteiger partial charge in [-0.25, -0.2) is 4.79 Å². The van der Waals surface area contributed by atoms with Gasteiger partial charge in [-0.3, -0.25) is 0 Å². The monoisotopic (exact) mass is 283 g/mol. The fourth-order valence-corrected chi connectivity index (χ4v) is 1.90. The summed E-state index contributed by atoms with van der Waals surface area (Å²) >= 11 is 3.39. The summed E-state index contributed by atoms with van der Waals surface area (Å²) in [5.41, 5.74) is 1.08. The Morgan fingerprint density at radius 3 is 2.94 bits per heavy atom. The van der Waals surface area contributed by atoms with E-state index >= 15 is 0 Å². The van der Waals surface area contributed by atoms with E-state index in [1.54, 1.807) is 0 Å². The lowest BCUT2D eigenvalue weighted by molar-refractivity contribution is 0.231. The molecule has 0 aromatic heterocycles. The first-order valence-corrected chi connectivity index (χ1v) is 6.03. The topological polar surface area (TPSA) is 53.2 Å². The number of halogens is 1. The molecule has 86 valence electrons. The Kier molecular flexibility index (Phi) is 3.79. The molecule has 16 heavy (non-hydrogen) atoms. The van der Waals surface area contributed by atoms with Crippen LogP contribution in [-0.4, -0.2) is 25.2 Å². The van der Waals surface area contributed by atoms with Crippen molar-refractivity contribution in [3.05, 3.63) is 34.3 Å². The van der Waals surface area contributed by atoms with Gasteiger partial charge in [0, 0.05) is 24.1 Å². The molecule has 0 unspecified atom stereocenters. The summed E-state index contributed by atoms with van der Waals surface area (Å²) in [6, 6.07) is 8.06. The zero-order valence-electron chi connectivity index (χ0n) is 8.79. The van der Waals surface area contributed by atoms with Crippen LogP contribution < -0.4 is 16.0 Å². The number of nitrogens with one attached hydrogen (secondary N) is 3. The number of hydrogen-bond donors (Lipinski definition) is 3. The van der Waals surface area contributed by atoms with Gasteiger partial charge in [-0.1, -0.05) is 28.1 Å². The largest absolute Gasteiger partial charge is 0.334 e. The Balaban J connectivity index is 1.75. The van der Waals surface area contributed by atoms with Crippen molar-refractivity contribution in [2.75, 3.05) is 13.1 Å². The summed E-state index contributed by atoms with van der Waals surface area (Å²) in [6.07, 6.45) is 0. The quantitative estimate of drug-likeness (QED) is 0.781. The van der Waals surface area contributed by atoms with Crippen LogP contribution in [0.4, 0.5) is 4.79 Å². The van der Waals surface area contributed by atoms with Gasteiger partial charge >= 0.3 is 6.03 Å². The molecule has 1 heterocycles. The van der Waals surface area contributed by atoms with Gasteiger partial charge in [-0.2, -0.15) is 0 Å². The average Bonchev–Trinajstić information content (AvgIpc) is 2.21. The number of hydrogen-bond acceptors (Lipinski definition) is 2. The smallest absolute Gasteiger partial charge is 0.315 e. The van der Waals surface area contributed by atoms with E-state index in [1.807, 2.05) is 24.3 Å². The fourth-order valence-electron chi connectivity index (χ4n) is 1.46. The van der Waals surface area contributed by atoms with E-state index in [4.69, 9.17) is 0 Å². The first-order valence-electron chi connectivity index (χ1n) is 5.23. The molecule has 1 aromatic rings. The first-order chi connectivity index (χ1) is 7.74. The lowest BCUT2D eigenvalue weighted by Crippen LogP contribution is -2.58. The van der Waals surface area contributed by atoms with Crippen LogP contribution in [0.15, 0.2) is 28.7 Å². The van der Waals surface area contributed by atoms with Crippen LogP contribution in [0.3, 0.4) is 0 Å². The molecule has 4 nitrogen and oxygen atoms in total. The minimum Gasteiger partial charge on any atom is -0.334 e. The molecule has 5 heteroatoms. The van der Waals surface area contributed by atoms with Crippen molar-refractivity contribution in [2.45, 2.75) is 12.6 Å². The van der Waals surface area contributed by atoms with Crippen molar-refractivity contribution in [1.29, 1.82) is 0 Å². The Morgan fingerprint density at radius 1 is 1.50 bits per heavy atom. The predicted octanol–water partition coefficient (Wildman–Crippen LogP) is 1.22. The Hall–Kier alpha value is -1.07. The molecular formula is C11H14BrN3O. The van der Waals surface area contributed by atoms with Crippen molar-refractivity contribution >= 4 is 22.0 Å². The van der Waals surface area contributed by atoms with Crippen molar-refractivity contribution < 1.29 is 4.79 Å². The molecule has 1 aliphatic rings. The minimum absolute atomic E-state index is 0.105. The lowest BCUT2D eigenvalue weighted by atomic mass is 10.2. The molecule has 1 fully saturated rings. The number of carbonyl (C=O) groups is 1. The second-order valence-corrected chi connectivity index (χ2v) is 4.73. The molecule has 0 radical (unpaired) electrons. The van der Waals surface area contributed by atoms with Gasteiger partial charge in [-0.15, -0.1) is 0 Å². The van der Waals surface area contributed by atoms with Gasteiger partial charge in [0.2, 0.25) is 0 Å². The van der Waals surface area contributed by atoms with Crippen LogP contribution in [-0.2, 0) is 6.54 Å². The molecule has 1 aromatic carbocycles. The molecule has 1 saturated heterocycles. The first kappa shape index (κ1) is 11.4. The van der Waals surface area contributed by atoms with Crippen molar-refractivity contribution in [1.82, 2.24) is 16.0 Å². The van der Waals surface area contributed by atoms with Crippen LogP contribution in [0, 0.1) is 0 Å². The number of urea groups is 1. The van der Waals surface area contributed by atoms with Gasteiger partial charge in [0.15, 0.2) is 0 Å². The molecule has 2 rings (SSSR count). The van der Waals surface area contributed by atoms with E-state index in [0.29, 0.717) is 6.54 Å². The van der Waals surface area contributed by atoms with Gasteiger partial charge in [0.1, 0.15) is 0 Å². The third-order valence-corrected chi connectivity index (χ3v) is 2.95. The molecule has 0 aliphatic carbocycles. The molecule has 1 aliphatic heterocycles. The van der Waals surface area contributed by atoms with Crippen LogP contribution in [0.2, 0.25) is 0 Å². The summed E-state index contributed by atoms with van der Waals surface area (Å²) in [5.74, 6) is 0. The van der Waals surface area contributed by atoms with Crippen LogP contribution in [0.25, 0.3) is 0 Å². The molecular weight excluding hydrogens is 270 g/mol. The highest BCUT2D eigenvalue weighted by Gasteiger charge is 2.18. The SMILES string of the molecule is O=C(NCc1cccc(Br)c1)NC1CNC1. The molecule has 0 saturated carbocycles. The highest BCUT2D eigenvalue weighted by Crippen LogP contribution is 2.11. The normalized spacial score (nSPS) is 15.3. The van der Waals surface area contributed by atoms with E-state index in [0.717, 1.165) is 23.1 Å². The zero-order chi connectivity index (χ0) is 11.4. The molecule has 2 amide bonds. The van der Waals surface area contributed by atoms with Crippen molar-refractivity contribution in [2.24, 2.45) is 0 Å². The van der Waals surface area contributed by atoms with Gasteiger partial charge in [0.05, 0.1) is 6.04 Å². The molecule has 0 bridgehead atoms. The zero-order valence-corrected chi connectivity index (χ0v) is 10.4. The Bertz CT molecular complexity index is 379. The summed E-state index contributed by atoms with van der Waals surface area (Å²) in [4.78, 5) is 11.4. The van der Waals surface area contributed by atoms with E-state index in [1.165, 1.54) is 0 Å². The standard InChI is InChI=1S/C11H14BrN3O/c12-9-3-1-2-8(4-9)5-14-11(16)15-10-6-13-7-10/h1-4,10,13H,5-7H2,(H2,14,15,16). The molecule has 3 N–H and O–H groups in total. The van der Waals surface area contributed by atoms with Crippen LogP contribution >= 0.6 is 15.9 Å². The van der Waals surface area contributed by atoms with E-state index in [2.05, 4.69) is 31.9 Å². The van der Waals surface area contributed by atoms with E-state index in [9.17, 15) is 4.79 Å². The molecule has 0 spiro atoms. The summed E-state index contributed by atoms with van der Waals surface area (Å²) in [7, 11) is 0. The number of benzene rings is 1. The highest BCUT2D eigenvalue weighted by atomic mass is 79.9. The fraction of sp³-hybridized carbons (Fsp3) is 0.364. The number of amides is 2. The molecule has 0 atom stereocenters. The van der Waals surface area contributed by atoms with Gasteiger partial charge < -0.3 is 16.0 Å². The predicted molar refractivity (Wildman–Crippen MR) is 66.2 cm³/mol. The number of carbonyl (C=O) groups excluding carboxylic acids is 1. The van der Waals surface area contributed by atoms with E-state index in [-0.39, 0.29) is 12.1 Å². The third-order valence-electron chi connectivity index (χ3n) is 2.46. The minimum atomic E-state index is -0.105. The van der Waals surface area contributed by atoms with E-state index < -0.39 is 0 Å². The maximum absolute atomic E-state index is 11.4. The average molecular weight is 284 g/mol. The summed E-state index contributed by atoms with van der Waals surface area (Å²) in [6.45, 7) is 2.28. The van der Waals surface area contributed by atoms with Crippen molar-refractivity contribution in [3.63, 3.8) is 0 Å². The van der Waals surface area contributed by atoms with Gasteiger partial charge in [0.25, 0.3) is 0 Å².